The molecule has 1 saturated carbocycles. The van der Waals surface area contributed by atoms with Crippen molar-refractivity contribution < 1.29 is 23.9 Å². The average Bonchev–Trinajstić information content (AvgIpc) is 3.71. The SMILES string of the molecule is CO[C@H]1C[C@H](n2cc(-c3cccc(CN4CCC5(CC4)COc4c5ccc5c4CN([C@H]4CCC(=O)NC4=O)C5=O)c3)cn2)C1. The van der Waals surface area contributed by atoms with Crippen LogP contribution in [0.3, 0.4) is 0 Å². The first-order valence-electron chi connectivity index (χ1n) is 15.7. The van der Waals surface area contributed by atoms with Gasteiger partial charge < -0.3 is 14.4 Å². The number of hydrogen-bond donors (Lipinski definition) is 1. The monoisotopic (exact) mass is 595 g/mol. The van der Waals surface area contributed by atoms with Crippen molar-refractivity contribution in [2.75, 3.05) is 26.8 Å². The minimum absolute atomic E-state index is 0.0637. The van der Waals surface area contributed by atoms with E-state index in [1.54, 1.807) is 12.0 Å². The maximum Gasteiger partial charge on any atom is 0.255 e. The van der Waals surface area contributed by atoms with Crippen LogP contribution in [0.2, 0.25) is 0 Å². The molecule has 5 heterocycles. The minimum Gasteiger partial charge on any atom is -0.492 e. The first kappa shape index (κ1) is 27.5. The maximum absolute atomic E-state index is 13.3. The zero-order chi connectivity index (χ0) is 30.0. The number of methoxy groups -OCH3 is 1. The van der Waals surface area contributed by atoms with Gasteiger partial charge in [-0.05, 0) is 68.5 Å². The first-order valence-corrected chi connectivity index (χ1v) is 15.7. The van der Waals surface area contributed by atoms with E-state index in [1.165, 1.54) is 16.7 Å². The number of imide groups is 1. The molecule has 1 atom stereocenters. The van der Waals surface area contributed by atoms with E-state index in [0.717, 1.165) is 62.2 Å². The van der Waals surface area contributed by atoms with Crippen molar-refractivity contribution >= 4 is 17.7 Å². The second-order valence-corrected chi connectivity index (χ2v) is 13.1. The van der Waals surface area contributed by atoms with Gasteiger partial charge in [0, 0.05) is 53.9 Å². The number of piperidine rings is 2. The van der Waals surface area contributed by atoms with E-state index in [-0.39, 0.29) is 23.7 Å². The van der Waals surface area contributed by atoms with Crippen LogP contribution in [0, 0.1) is 0 Å². The van der Waals surface area contributed by atoms with Gasteiger partial charge in [0.1, 0.15) is 11.8 Å². The van der Waals surface area contributed by atoms with E-state index in [1.807, 2.05) is 12.3 Å². The van der Waals surface area contributed by atoms with Gasteiger partial charge in [-0.3, -0.25) is 29.3 Å². The van der Waals surface area contributed by atoms with Crippen molar-refractivity contribution in [3.8, 4) is 16.9 Å². The predicted molar refractivity (Wildman–Crippen MR) is 161 cm³/mol. The van der Waals surface area contributed by atoms with Crippen LogP contribution in [0.4, 0.5) is 0 Å². The van der Waals surface area contributed by atoms with Crippen molar-refractivity contribution in [2.45, 2.75) is 75.2 Å². The summed E-state index contributed by atoms with van der Waals surface area (Å²) in [7, 11) is 1.78. The molecule has 1 aliphatic carbocycles. The summed E-state index contributed by atoms with van der Waals surface area (Å²) in [5, 5.41) is 7.02. The molecule has 1 spiro atoms. The number of benzene rings is 2. The number of fused-ring (bicyclic) bond motifs is 4. The average molecular weight is 596 g/mol. The van der Waals surface area contributed by atoms with Crippen LogP contribution >= 0.6 is 0 Å². The molecule has 10 nitrogen and oxygen atoms in total. The summed E-state index contributed by atoms with van der Waals surface area (Å²) in [6, 6.07) is 12.6. The van der Waals surface area contributed by atoms with Crippen molar-refractivity contribution in [1.29, 1.82) is 0 Å². The zero-order valence-electron chi connectivity index (χ0n) is 25.0. The third-order valence-electron chi connectivity index (χ3n) is 10.6. The number of carbonyl (C=O) groups is 3. The Balaban J connectivity index is 0.929. The molecule has 44 heavy (non-hydrogen) atoms. The third kappa shape index (κ3) is 4.54. The number of ether oxygens (including phenoxy) is 2. The molecular formula is C34H37N5O5. The molecule has 8 rings (SSSR count). The number of nitrogens with zero attached hydrogens (tertiary/aromatic N) is 4. The normalized spacial score (nSPS) is 25.9. The summed E-state index contributed by atoms with van der Waals surface area (Å²) in [6.45, 7) is 3.78. The Kier molecular flexibility index (Phi) is 6.60. The van der Waals surface area contributed by atoms with Gasteiger partial charge in [0.15, 0.2) is 0 Å². The molecule has 2 saturated heterocycles. The van der Waals surface area contributed by atoms with E-state index in [4.69, 9.17) is 9.47 Å². The zero-order valence-corrected chi connectivity index (χ0v) is 25.0. The number of rotatable bonds is 6. The Morgan fingerprint density at radius 1 is 1.09 bits per heavy atom. The Morgan fingerprint density at radius 3 is 2.73 bits per heavy atom. The standard InChI is InChI=1S/C34H37N5O5/c1-43-25-14-24(15-25)39-18-23(16-35-39)22-4-2-3-21(13-22)17-37-11-9-34(10-12-37)20-44-31-27-19-38(29-7-8-30(40)36-32(29)41)33(42)26(27)5-6-28(31)34/h2-6,13,16,18,24-25,29H,7-12,14-15,17,19-20H2,1H3,(H,36,40,41)/t24-,25-,29-/m0/s1. The fraction of sp³-hybridized carbons (Fsp3) is 0.471. The summed E-state index contributed by atoms with van der Waals surface area (Å²) < 4.78 is 13.9. The lowest BCUT2D eigenvalue weighted by atomic mass is 9.74. The maximum atomic E-state index is 13.3. The molecule has 0 bridgehead atoms. The molecule has 3 fully saturated rings. The minimum atomic E-state index is -0.622. The van der Waals surface area contributed by atoms with E-state index >= 15 is 0 Å². The second-order valence-electron chi connectivity index (χ2n) is 13.1. The highest BCUT2D eigenvalue weighted by molar-refractivity contribution is 6.05. The quantitative estimate of drug-likeness (QED) is 0.435. The highest BCUT2D eigenvalue weighted by Gasteiger charge is 2.47. The number of likely N-dealkylation sites (tertiary alicyclic amines) is 1. The van der Waals surface area contributed by atoms with Gasteiger partial charge in [0.2, 0.25) is 11.8 Å². The first-order chi connectivity index (χ1) is 21.4. The fourth-order valence-corrected chi connectivity index (χ4v) is 7.78. The van der Waals surface area contributed by atoms with Gasteiger partial charge in [-0.15, -0.1) is 0 Å². The Labute approximate surface area is 256 Å². The second kappa shape index (κ2) is 10.6. The fourth-order valence-electron chi connectivity index (χ4n) is 7.78. The van der Waals surface area contributed by atoms with E-state index in [2.05, 4.69) is 56.5 Å². The highest BCUT2D eigenvalue weighted by Crippen LogP contribution is 2.49. The summed E-state index contributed by atoms with van der Waals surface area (Å²) in [5.41, 5.74) is 6.25. The van der Waals surface area contributed by atoms with Crippen molar-refractivity contribution in [3.05, 3.63) is 71.0 Å². The van der Waals surface area contributed by atoms with Crippen molar-refractivity contribution in [3.63, 3.8) is 0 Å². The topological polar surface area (TPSA) is 106 Å². The smallest absolute Gasteiger partial charge is 0.255 e. The molecular weight excluding hydrogens is 558 g/mol. The lowest BCUT2D eigenvalue weighted by Gasteiger charge is -2.38. The Hall–Kier alpha value is -4.02. The molecule has 10 heteroatoms. The van der Waals surface area contributed by atoms with Crippen LogP contribution in [0.15, 0.2) is 48.8 Å². The molecule has 0 unspecified atom stereocenters. The van der Waals surface area contributed by atoms with Gasteiger partial charge >= 0.3 is 0 Å². The molecule has 2 aromatic carbocycles. The third-order valence-corrected chi connectivity index (χ3v) is 10.6. The lowest BCUT2D eigenvalue weighted by Crippen LogP contribution is -2.52. The molecule has 0 radical (unpaired) electrons. The van der Waals surface area contributed by atoms with Gasteiger partial charge in [0.05, 0.1) is 31.5 Å². The summed E-state index contributed by atoms with van der Waals surface area (Å²) >= 11 is 0. The molecule has 1 N–H and O–H groups in total. The number of hydrogen-bond acceptors (Lipinski definition) is 7. The van der Waals surface area contributed by atoms with Gasteiger partial charge in [-0.1, -0.05) is 24.3 Å². The summed E-state index contributed by atoms with van der Waals surface area (Å²) in [4.78, 5) is 41.6. The summed E-state index contributed by atoms with van der Waals surface area (Å²) in [6.07, 6.45) is 9.09. The molecule has 4 aliphatic heterocycles. The Bertz CT molecular complexity index is 1650. The van der Waals surface area contributed by atoms with Crippen LogP contribution in [-0.4, -0.2) is 76.3 Å². The largest absolute Gasteiger partial charge is 0.492 e. The lowest BCUT2D eigenvalue weighted by molar-refractivity contribution is -0.136. The van der Waals surface area contributed by atoms with E-state index < -0.39 is 11.9 Å². The molecule has 228 valence electrons. The van der Waals surface area contributed by atoms with Gasteiger partial charge in [-0.2, -0.15) is 5.10 Å². The number of amides is 3. The van der Waals surface area contributed by atoms with Crippen LogP contribution in [0.1, 0.15) is 71.6 Å². The van der Waals surface area contributed by atoms with Crippen molar-refractivity contribution in [2.24, 2.45) is 0 Å². The molecule has 1 aromatic heterocycles. The Morgan fingerprint density at radius 2 is 1.93 bits per heavy atom. The van der Waals surface area contributed by atoms with Crippen molar-refractivity contribution in [1.82, 2.24) is 24.9 Å². The van der Waals surface area contributed by atoms with E-state index in [9.17, 15) is 14.4 Å². The molecule has 3 aromatic rings. The number of nitrogens with one attached hydrogen (secondary N) is 1. The van der Waals surface area contributed by atoms with Crippen LogP contribution < -0.4 is 10.1 Å². The van der Waals surface area contributed by atoms with Gasteiger partial charge in [0.25, 0.3) is 5.91 Å². The highest BCUT2D eigenvalue weighted by atomic mass is 16.5. The predicted octanol–water partition coefficient (Wildman–Crippen LogP) is 3.59. The molecule has 5 aliphatic rings. The number of aromatic nitrogens is 2. The number of carbonyl (C=O) groups excluding carboxylic acids is 3. The van der Waals surface area contributed by atoms with Gasteiger partial charge in [-0.25, -0.2) is 0 Å². The van der Waals surface area contributed by atoms with Crippen LogP contribution in [-0.2, 0) is 32.8 Å². The molecule has 3 amide bonds. The van der Waals surface area contributed by atoms with Crippen LogP contribution in [0.25, 0.3) is 11.1 Å². The van der Waals surface area contributed by atoms with E-state index in [0.29, 0.717) is 37.3 Å². The van der Waals surface area contributed by atoms with Crippen LogP contribution in [0.5, 0.6) is 5.75 Å². The summed E-state index contributed by atoms with van der Waals surface area (Å²) in [5.74, 6) is -0.00196.